The Balaban J connectivity index is 1.41. The second-order valence-corrected chi connectivity index (χ2v) is 7.90. The van der Waals surface area contributed by atoms with Gasteiger partial charge in [-0.3, -0.25) is 19.3 Å². The molecule has 134 valence electrons. The second-order valence-electron chi connectivity index (χ2n) is 6.80. The van der Waals surface area contributed by atoms with E-state index in [2.05, 4.69) is 12.2 Å². The number of thioether (sulfide) groups is 1. The van der Waals surface area contributed by atoms with Crippen molar-refractivity contribution in [3.8, 4) is 0 Å². The minimum absolute atomic E-state index is 0.0473. The Labute approximate surface area is 152 Å². The van der Waals surface area contributed by atoms with E-state index in [9.17, 15) is 14.4 Å². The topological polar surface area (TPSA) is 66.5 Å². The van der Waals surface area contributed by atoms with Crippen molar-refractivity contribution in [1.82, 2.24) is 10.2 Å². The van der Waals surface area contributed by atoms with E-state index in [0.717, 1.165) is 6.42 Å². The van der Waals surface area contributed by atoms with E-state index in [1.54, 1.807) is 24.3 Å². The third-order valence-corrected chi connectivity index (χ3v) is 5.97. The highest BCUT2D eigenvalue weighted by Gasteiger charge is 2.34. The van der Waals surface area contributed by atoms with E-state index in [0.29, 0.717) is 35.1 Å². The zero-order valence-corrected chi connectivity index (χ0v) is 15.3. The Bertz CT molecular complexity index is 641. The average molecular weight is 360 g/mol. The number of amides is 3. The molecule has 1 aliphatic carbocycles. The molecule has 2 atom stereocenters. The lowest BCUT2D eigenvalue weighted by atomic mass is 9.86. The van der Waals surface area contributed by atoms with Gasteiger partial charge in [0.2, 0.25) is 5.91 Å². The number of nitrogens with zero attached hydrogens (tertiary/aromatic N) is 1. The molecular formula is C19H24N2O3S. The van der Waals surface area contributed by atoms with E-state index in [4.69, 9.17) is 0 Å². The molecule has 3 rings (SSSR count). The van der Waals surface area contributed by atoms with E-state index < -0.39 is 0 Å². The van der Waals surface area contributed by atoms with Crippen molar-refractivity contribution in [1.29, 1.82) is 0 Å². The van der Waals surface area contributed by atoms with Gasteiger partial charge in [-0.1, -0.05) is 31.9 Å². The van der Waals surface area contributed by atoms with Crippen LogP contribution >= 0.6 is 11.8 Å². The van der Waals surface area contributed by atoms with E-state index in [1.807, 2.05) is 0 Å². The number of hydrogen-bond donors (Lipinski definition) is 1. The number of carbonyl (C=O) groups is 3. The fourth-order valence-electron chi connectivity index (χ4n) is 3.54. The van der Waals surface area contributed by atoms with Crippen LogP contribution in [-0.2, 0) is 4.79 Å². The minimum Gasteiger partial charge on any atom is -0.352 e. The summed E-state index contributed by atoms with van der Waals surface area (Å²) in [7, 11) is 0. The van der Waals surface area contributed by atoms with Crippen LogP contribution in [0.4, 0.5) is 0 Å². The molecule has 1 aromatic rings. The fourth-order valence-corrected chi connectivity index (χ4v) is 4.27. The first kappa shape index (κ1) is 18.0. The molecule has 25 heavy (non-hydrogen) atoms. The molecule has 0 spiro atoms. The average Bonchev–Trinajstić information content (AvgIpc) is 2.86. The van der Waals surface area contributed by atoms with Crippen LogP contribution < -0.4 is 5.32 Å². The molecule has 0 aromatic heterocycles. The minimum atomic E-state index is -0.235. The largest absolute Gasteiger partial charge is 0.352 e. The van der Waals surface area contributed by atoms with Crippen LogP contribution in [0.3, 0.4) is 0 Å². The van der Waals surface area contributed by atoms with Gasteiger partial charge in [0.15, 0.2) is 0 Å². The SMILES string of the molecule is C[C@@H]1CCCC[C@@H]1NC(=O)CSCCN1C(=O)c2ccccc2C1=O. The van der Waals surface area contributed by atoms with E-state index in [1.165, 1.54) is 35.9 Å². The van der Waals surface area contributed by atoms with Gasteiger partial charge in [0.05, 0.1) is 16.9 Å². The summed E-state index contributed by atoms with van der Waals surface area (Å²) >= 11 is 1.46. The predicted octanol–water partition coefficient (Wildman–Crippen LogP) is 2.71. The maximum absolute atomic E-state index is 12.3. The van der Waals surface area contributed by atoms with Gasteiger partial charge in [-0.05, 0) is 30.9 Å². The predicted molar refractivity (Wildman–Crippen MR) is 98.7 cm³/mol. The molecule has 1 N–H and O–H groups in total. The zero-order chi connectivity index (χ0) is 17.8. The summed E-state index contributed by atoms with van der Waals surface area (Å²) < 4.78 is 0. The standard InChI is InChI=1S/C19H24N2O3S/c1-13-6-2-5-9-16(13)20-17(22)12-25-11-10-21-18(23)14-7-3-4-8-15(14)19(21)24/h3-4,7-8,13,16H,2,5-6,9-12H2,1H3,(H,20,22)/t13-,16+/m1/s1. The van der Waals surface area contributed by atoms with E-state index in [-0.39, 0.29) is 23.8 Å². The first-order valence-electron chi connectivity index (χ1n) is 8.90. The molecule has 1 heterocycles. The van der Waals surface area contributed by atoms with Crippen molar-refractivity contribution in [3.63, 3.8) is 0 Å². The Morgan fingerprint density at radius 1 is 1.16 bits per heavy atom. The summed E-state index contributed by atoms with van der Waals surface area (Å²) in [5, 5.41) is 3.12. The molecule has 0 radical (unpaired) electrons. The van der Waals surface area contributed by atoms with Crippen LogP contribution in [0.1, 0.15) is 53.3 Å². The number of carbonyl (C=O) groups excluding carboxylic acids is 3. The molecule has 6 heteroatoms. The number of nitrogens with one attached hydrogen (secondary N) is 1. The summed E-state index contributed by atoms with van der Waals surface area (Å²) in [5.41, 5.74) is 0.947. The number of rotatable bonds is 6. The maximum Gasteiger partial charge on any atom is 0.261 e. The van der Waals surface area contributed by atoms with Gasteiger partial charge in [-0.25, -0.2) is 0 Å². The third-order valence-electron chi connectivity index (χ3n) is 5.03. The van der Waals surface area contributed by atoms with Crippen LogP contribution in [0.2, 0.25) is 0 Å². The fraction of sp³-hybridized carbons (Fsp3) is 0.526. The molecule has 1 saturated carbocycles. The molecule has 2 aliphatic rings. The Hall–Kier alpha value is -1.82. The lowest BCUT2D eigenvalue weighted by molar-refractivity contribution is -0.119. The highest BCUT2D eigenvalue weighted by Crippen LogP contribution is 2.24. The van der Waals surface area contributed by atoms with Crippen molar-refractivity contribution in [2.75, 3.05) is 18.1 Å². The van der Waals surface area contributed by atoms with Crippen molar-refractivity contribution < 1.29 is 14.4 Å². The van der Waals surface area contributed by atoms with Gasteiger partial charge in [-0.15, -0.1) is 0 Å². The lowest BCUT2D eigenvalue weighted by Crippen LogP contribution is -2.42. The van der Waals surface area contributed by atoms with Crippen LogP contribution in [0.5, 0.6) is 0 Å². The molecule has 0 saturated heterocycles. The van der Waals surface area contributed by atoms with Crippen LogP contribution in [0.25, 0.3) is 0 Å². The zero-order valence-electron chi connectivity index (χ0n) is 14.5. The molecule has 1 aliphatic heterocycles. The lowest BCUT2D eigenvalue weighted by Gasteiger charge is -2.29. The summed E-state index contributed by atoms with van der Waals surface area (Å²) in [6.45, 7) is 2.53. The van der Waals surface area contributed by atoms with Crippen LogP contribution in [0.15, 0.2) is 24.3 Å². The quantitative estimate of drug-likeness (QED) is 0.626. The molecule has 3 amide bonds. The smallest absolute Gasteiger partial charge is 0.261 e. The third kappa shape index (κ3) is 4.06. The van der Waals surface area contributed by atoms with Gasteiger partial charge in [-0.2, -0.15) is 11.8 Å². The van der Waals surface area contributed by atoms with Gasteiger partial charge in [0.25, 0.3) is 11.8 Å². The maximum atomic E-state index is 12.3. The van der Waals surface area contributed by atoms with Crippen LogP contribution in [-0.4, -0.2) is 46.7 Å². The summed E-state index contributed by atoms with van der Waals surface area (Å²) in [6, 6.07) is 7.18. The van der Waals surface area contributed by atoms with Gasteiger partial charge < -0.3 is 5.32 Å². The normalized spacial score (nSPS) is 22.8. The Kier molecular flexibility index (Phi) is 5.78. The second kappa shape index (κ2) is 8.04. The highest BCUT2D eigenvalue weighted by atomic mass is 32.2. The van der Waals surface area contributed by atoms with Gasteiger partial charge in [0.1, 0.15) is 0 Å². The van der Waals surface area contributed by atoms with Gasteiger partial charge >= 0.3 is 0 Å². The Morgan fingerprint density at radius 2 is 1.80 bits per heavy atom. The first-order chi connectivity index (χ1) is 12.1. The Morgan fingerprint density at radius 3 is 2.44 bits per heavy atom. The summed E-state index contributed by atoms with van der Waals surface area (Å²) in [4.78, 5) is 37.9. The van der Waals surface area contributed by atoms with Crippen molar-refractivity contribution in [2.45, 2.75) is 38.6 Å². The molecule has 5 nitrogen and oxygen atoms in total. The van der Waals surface area contributed by atoms with Crippen molar-refractivity contribution in [3.05, 3.63) is 35.4 Å². The van der Waals surface area contributed by atoms with Crippen molar-refractivity contribution in [2.24, 2.45) is 5.92 Å². The molecule has 0 unspecified atom stereocenters. The number of fused-ring (bicyclic) bond motifs is 1. The number of benzene rings is 1. The monoisotopic (exact) mass is 360 g/mol. The number of imide groups is 1. The highest BCUT2D eigenvalue weighted by molar-refractivity contribution is 7.99. The summed E-state index contributed by atoms with van der Waals surface area (Å²) in [5.74, 6) is 1.06. The molecule has 1 fully saturated rings. The summed E-state index contributed by atoms with van der Waals surface area (Å²) in [6.07, 6.45) is 4.68. The van der Waals surface area contributed by atoms with E-state index >= 15 is 0 Å². The van der Waals surface area contributed by atoms with Crippen LogP contribution in [0, 0.1) is 5.92 Å². The van der Waals surface area contributed by atoms with Gasteiger partial charge in [0, 0.05) is 18.3 Å². The molecular weight excluding hydrogens is 336 g/mol. The molecule has 0 bridgehead atoms. The first-order valence-corrected chi connectivity index (χ1v) is 10.1. The number of hydrogen-bond acceptors (Lipinski definition) is 4. The van der Waals surface area contributed by atoms with Crippen molar-refractivity contribution >= 4 is 29.5 Å². The molecule has 1 aromatic carbocycles.